The third-order valence-electron chi connectivity index (χ3n) is 5.46. The molecule has 2 aromatic rings. The largest absolute Gasteiger partial charge is 0.530 e. The number of benzene rings is 1. The van der Waals surface area contributed by atoms with Crippen molar-refractivity contribution in [2.24, 2.45) is 11.7 Å². The number of aliphatic hydroxyl groups is 1. The molecule has 1 aliphatic rings. The molecule has 33 heavy (non-hydrogen) atoms. The summed E-state index contributed by atoms with van der Waals surface area (Å²) in [7, 11) is 0. The summed E-state index contributed by atoms with van der Waals surface area (Å²) in [5.41, 5.74) is 5.72. The molecule has 3 atom stereocenters. The van der Waals surface area contributed by atoms with Gasteiger partial charge in [-0.1, -0.05) is 0 Å². The molecule has 0 bridgehead atoms. The Kier molecular flexibility index (Phi) is 6.78. The Bertz CT molecular complexity index is 1070. The van der Waals surface area contributed by atoms with Crippen LogP contribution in [-0.4, -0.2) is 56.9 Å². The predicted molar refractivity (Wildman–Crippen MR) is 106 cm³/mol. The van der Waals surface area contributed by atoms with Crippen molar-refractivity contribution in [3.05, 3.63) is 41.8 Å². The molecule has 1 aromatic heterocycles. The standard InChI is InChI=1S/C20H21F3N6O4/c21-11-1-3-12(4-2-11)26-18-14(17(25)31)9-29(27-18)15-5-6-28(19(32)33)16(13(15)8-24)7-20(22,23)10-30/h1-4,9,13,15-16,30H,5-7,10H2,(H2,25,31)(H,26,27)(H,32,33)/p-1/t13-,15+,16?/m0/s1. The van der Waals surface area contributed by atoms with Crippen LogP contribution in [0.1, 0.15) is 29.2 Å². The van der Waals surface area contributed by atoms with Gasteiger partial charge in [0, 0.05) is 24.8 Å². The molecule has 0 spiro atoms. The average Bonchev–Trinajstić information content (AvgIpc) is 3.18. The van der Waals surface area contributed by atoms with Crippen LogP contribution in [0.4, 0.5) is 29.5 Å². The van der Waals surface area contributed by atoms with E-state index in [4.69, 9.17) is 10.8 Å². The van der Waals surface area contributed by atoms with E-state index in [1.807, 2.05) is 6.07 Å². The fourth-order valence-corrected chi connectivity index (χ4v) is 3.87. The van der Waals surface area contributed by atoms with Crippen molar-refractivity contribution in [3.63, 3.8) is 0 Å². The highest BCUT2D eigenvalue weighted by atomic mass is 19.3. The monoisotopic (exact) mass is 465 g/mol. The van der Waals surface area contributed by atoms with Crippen molar-refractivity contribution in [1.29, 1.82) is 5.26 Å². The van der Waals surface area contributed by atoms with Gasteiger partial charge in [-0.3, -0.25) is 9.48 Å². The number of nitrogens with zero attached hydrogens (tertiary/aromatic N) is 4. The molecule has 3 rings (SSSR count). The molecule has 13 heteroatoms. The Hall–Kier alpha value is -3.79. The Morgan fingerprint density at radius 1 is 1.36 bits per heavy atom. The molecule has 2 amide bonds. The number of piperidine rings is 1. The second-order valence-corrected chi connectivity index (χ2v) is 7.62. The van der Waals surface area contributed by atoms with Crippen LogP contribution in [0.15, 0.2) is 30.5 Å². The summed E-state index contributed by atoms with van der Waals surface area (Å²) in [5.74, 6) is -6.29. The van der Waals surface area contributed by atoms with Crippen molar-refractivity contribution in [2.75, 3.05) is 18.5 Å². The number of carboxylic acid groups (broad SMARTS) is 1. The van der Waals surface area contributed by atoms with Gasteiger partial charge >= 0.3 is 0 Å². The number of amides is 2. The number of carbonyl (C=O) groups is 2. The molecular weight excluding hydrogens is 445 g/mol. The average molecular weight is 465 g/mol. The second-order valence-electron chi connectivity index (χ2n) is 7.62. The predicted octanol–water partition coefficient (Wildman–Crippen LogP) is 0.981. The fourth-order valence-electron chi connectivity index (χ4n) is 3.87. The van der Waals surface area contributed by atoms with E-state index in [-0.39, 0.29) is 24.3 Å². The number of alkyl halides is 2. The van der Waals surface area contributed by atoms with Crippen LogP contribution in [0, 0.1) is 23.1 Å². The van der Waals surface area contributed by atoms with E-state index in [1.54, 1.807) is 0 Å². The van der Waals surface area contributed by atoms with Gasteiger partial charge in [-0.15, -0.1) is 0 Å². The maximum atomic E-state index is 13.9. The molecule has 1 aliphatic heterocycles. The minimum Gasteiger partial charge on any atom is -0.530 e. The van der Waals surface area contributed by atoms with Gasteiger partial charge in [0.1, 0.15) is 24.1 Å². The number of hydrogen-bond donors (Lipinski definition) is 3. The van der Waals surface area contributed by atoms with E-state index >= 15 is 0 Å². The van der Waals surface area contributed by atoms with Gasteiger partial charge < -0.3 is 31.0 Å². The Morgan fingerprint density at radius 3 is 2.58 bits per heavy atom. The van der Waals surface area contributed by atoms with E-state index in [1.165, 1.54) is 35.1 Å². The molecular formula is C20H20F3N6O4-. The summed E-state index contributed by atoms with van der Waals surface area (Å²) in [6, 6.07) is 4.63. The van der Waals surface area contributed by atoms with E-state index in [0.29, 0.717) is 10.6 Å². The molecule has 1 fully saturated rings. The highest BCUT2D eigenvalue weighted by Crippen LogP contribution is 2.38. The van der Waals surface area contributed by atoms with Gasteiger partial charge in [0.05, 0.1) is 24.1 Å². The first-order valence-electron chi connectivity index (χ1n) is 9.83. The lowest BCUT2D eigenvalue weighted by atomic mass is 9.83. The van der Waals surface area contributed by atoms with Gasteiger partial charge in [0.2, 0.25) is 0 Å². The minimum atomic E-state index is -3.63. The number of anilines is 2. The Balaban J connectivity index is 1.97. The molecule has 1 saturated heterocycles. The number of aliphatic hydroxyl groups excluding tert-OH is 1. The van der Waals surface area contributed by atoms with Crippen molar-refractivity contribution in [2.45, 2.75) is 30.8 Å². The Morgan fingerprint density at radius 2 is 2.03 bits per heavy atom. The number of halogens is 3. The zero-order valence-electron chi connectivity index (χ0n) is 17.1. The number of nitrogens with two attached hydrogens (primary N) is 1. The minimum absolute atomic E-state index is 0.00892. The maximum absolute atomic E-state index is 13.9. The van der Waals surface area contributed by atoms with Gasteiger partial charge in [-0.2, -0.15) is 10.4 Å². The number of likely N-dealkylation sites (tertiary alicyclic amines) is 1. The number of nitrogens with one attached hydrogen (secondary N) is 1. The summed E-state index contributed by atoms with van der Waals surface area (Å²) in [6.45, 7) is -1.75. The highest BCUT2D eigenvalue weighted by molar-refractivity contribution is 5.98. The van der Waals surface area contributed by atoms with Crippen LogP contribution in [0.3, 0.4) is 0 Å². The van der Waals surface area contributed by atoms with Gasteiger partial charge in [-0.25, -0.2) is 13.2 Å². The normalized spacial score (nSPS) is 20.8. The van der Waals surface area contributed by atoms with Crippen LogP contribution >= 0.6 is 0 Å². The lowest BCUT2D eigenvalue weighted by molar-refractivity contribution is -0.271. The zero-order valence-corrected chi connectivity index (χ0v) is 17.1. The number of primary amides is 1. The summed E-state index contributed by atoms with van der Waals surface area (Å²) in [5, 5.41) is 37.2. The number of carbonyl (C=O) groups excluding carboxylic acids is 2. The molecule has 1 unspecified atom stereocenters. The van der Waals surface area contributed by atoms with Crippen molar-refractivity contribution < 1.29 is 33.0 Å². The highest BCUT2D eigenvalue weighted by Gasteiger charge is 2.45. The number of nitriles is 1. The first-order chi connectivity index (χ1) is 15.6. The van der Waals surface area contributed by atoms with Gasteiger partial charge in [0.25, 0.3) is 11.8 Å². The number of rotatable bonds is 7. The smallest absolute Gasteiger partial charge is 0.272 e. The topological polar surface area (TPSA) is 160 Å². The molecule has 0 aliphatic carbocycles. The lowest BCUT2D eigenvalue weighted by Gasteiger charge is -2.45. The molecule has 4 N–H and O–H groups in total. The van der Waals surface area contributed by atoms with E-state index in [0.717, 1.165) is 0 Å². The molecule has 10 nitrogen and oxygen atoms in total. The van der Waals surface area contributed by atoms with Gasteiger partial charge in [0.15, 0.2) is 5.82 Å². The van der Waals surface area contributed by atoms with E-state index in [9.17, 15) is 33.1 Å². The van der Waals surface area contributed by atoms with Gasteiger partial charge in [-0.05, 0) is 30.7 Å². The van der Waals surface area contributed by atoms with E-state index in [2.05, 4.69) is 10.4 Å². The summed E-state index contributed by atoms with van der Waals surface area (Å²) >= 11 is 0. The van der Waals surface area contributed by atoms with Crippen molar-refractivity contribution in [1.82, 2.24) is 14.7 Å². The SMILES string of the molecule is N#C[C@@H]1C(CC(F)(F)CO)N(C(=O)[O-])CC[C@H]1n1cc(C(N)=O)c(Nc2ccc(F)cc2)n1. The lowest BCUT2D eigenvalue weighted by Crippen LogP contribution is -2.57. The summed E-state index contributed by atoms with van der Waals surface area (Å²) in [4.78, 5) is 24.1. The first-order valence-corrected chi connectivity index (χ1v) is 9.83. The fraction of sp³-hybridized carbons (Fsp3) is 0.400. The van der Waals surface area contributed by atoms with Crippen LogP contribution in [-0.2, 0) is 0 Å². The number of aromatic nitrogens is 2. The third kappa shape index (κ3) is 5.17. The summed E-state index contributed by atoms with van der Waals surface area (Å²) < 4.78 is 42.2. The first kappa shape index (κ1) is 23.9. The molecule has 0 saturated carbocycles. The quantitative estimate of drug-likeness (QED) is 0.549. The zero-order chi connectivity index (χ0) is 24.3. The van der Waals surface area contributed by atoms with Crippen LogP contribution in [0.2, 0.25) is 0 Å². The van der Waals surface area contributed by atoms with E-state index < -0.39 is 54.8 Å². The number of hydrogen-bond acceptors (Lipinski definition) is 7. The third-order valence-corrected chi connectivity index (χ3v) is 5.46. The summed E-state index contributed by atoms with van der Waals surface area (Å²) in [6.07, 6.45) is -1.57. The second kappa shape index (κ2) is 9.37. The van der Waals surface area contributed by atoms with Crippen molar-refractivity contribution in [3.8, 4) is 6.07 Å². The Labute approximate surface area is 186 Å². The van der Waals surface area contributed by atoms with Crippen LogP contribution in [0.5, 0.6) is 0 Å². The molecule has 176 valence electrons. The molecule has 0 radical (unpaired) electrons. The van der Waals surface area contributed by atoms with Crippen molar-refractivity contribution >= 4 is 23.5 Å². The molecule has 2 heterocycles. The molecule has 1 aromatic carbocycles. The van der Waals surface area contributed by atoms with Crippen LogP contribution < -0.4 is 16.2 Å². The van der Waals surface area contributed by atoms with Crippen LogP contribution in [0.25, 0.3) is 0 Å². The maximum Gasteiger partial charge on any atom is 0.272 e.